The molecule has 0 amide bonds. The predicted molar refractivity (Wildman–Crippen MR) is 82.3 cm³/mol. The molecule has 1 N–H and O–H groups in total. The average molecular weight is 276 g/mol. The quantitative estimate of drug-likeness (QED) is 0.646. The van der Waals surface area contributed by atoms with E-state index in [1.165, 1.54) is 0 Å². The molecule has 0 spiro atoms. The van der Waals surface area contributed by atoms with Gasteiger partial charge in [0.15, 0.2) is 4.77 Å². The van der Waals surface area contributed by atoms with Gasteiger partial charge in [-0.25, -0.2) is 0 Å². The van der Waals surface area contributed by atoms with E-state index in [1.54, 1.807) is 0 Å². The molecule has 0 radical (unpaired) electrons. The summed E-state index contributed by atoms with van der Waals surface area (Å²) in [5.74, 6) is 0.864. The van der Waals surface area contributed by atoms with Crippen LogP contribution >= 0.6 is 12.2 Å². The molecular weight excluding hydrogens is 256 g/mol. The number of allylic oxidation sites excluding steroid dienone is 2. The molecule has 2 aromatic rings. The summed E-state index contributed by atoms with van der Waals surface area (Å²) in [5.41, 5.74) is 2.09. The van der Waals surface area contributed by atoms with E-state index in [9.17, 15) is 0 Å². The zero-order valence-electron chi connectivity index (χ0n) is 11.6. The van der Waals surface area contributed by atoms with Crippen LogP contribution in [-0.4, -0.2) is 15.7 Å². The van der Waals surface area contributed by atoms with Gasteiger partial charge in [-0.1, -0.05) is 18.2 Å². The number of fused-ring (bicyclic) bond motifs is 1. The Balaban J connectivity index is 2.43. The molecule has 3 nitrogen and oxygen atoms in total. The zero-order chi connectivity index (χ0) is 13.8. The fourth-order valence-electron chi connectivity index (χ4n) is 2.10. The maximum Gasteiger partial charge on any atom is 0.178 e. The van der Waals surface area contributed by atoms with Crippen molar-refractivity contribution in [2.45, 2.75) is 39.8 Å². The van der Waals surface area contributed by atoms with Crippen molar-refractivity contribution in [1.29, 1.82) is 0 Å². The first-order valence-electron chi connectivity index (χ1n) is 6.63. The monoisotopic (exact) mass is 276 g/mol. The number of nitrogens with one attached hydrogen (secondary N) is 1. The van der Waals surface area contributed by atoms with Crippen LogP contribution in [0.1, 0.15) is 27.2 Å². The Bertz CT molecular complexity index is 637. The van der Waals surface area contributed by atoms with Crippen LogP contribution in [0.3, 0.4) is 0 Å². The normalized spacial score (nSPS) is 11.8. The Morgan fingerprint density at radius 1 is 1.42 bits per heavy atom. The van der Waals surface area contributed by atoms with Crippen molar-refractivity contribution in [3.05, 3.63) is 35.1 Å². The first-order chi connectivity index (χ1) is 9.13. The van der Waals surface area contributed by atoms with Gasteiger partial charge in [0.25, 0.3) is 0 Å². The number of imidazole rings is 1. The second-order valence-corrected chi connectivity index (χ2v) is 5.14. The highest BCUT2D eigenvalue weighted by Gasteiger charge is 2.09. The summed E-state index contributed by atoms with van der Waals surface area (Å²) in [7, 11) is 0. The first kappa shape index (κ1) is 13.9. The van der Waals surface area contributed by atoms with Crippen LogP contribution < -0.4 is 4.74 Å². The van der Waals surface area contributed by atoms with Gasteiger partial charge in [-0.15, -0.1) is 0 Å². The van der Waals surface area contributed by atoms with Crippen molar-refractivity contribution < 1.29 is 4.74 Å². The van der Waals surface area contributed by atoms with Gasteiger partial charge in [0, 0.05) is 6.54 Å². The van der Waals surface area contributed by atoms with Crippen molar-refractivity contribution in [3.8, 4) is 5.75 Å². The lowest BCUT2D eigenvalue weighted by Crippen LogP contribution is -2.05. The molecule has 0 aliphatic carbocycles. The number of aryl methyl sites for hydroxylation is 1. The van der Waals surface area contributed by atoms with E-state index in [0.29, 0.717) is 0 Å². The summed E-state index contributed by atoms with van der Waals surface area (Å²) in [5, 5.41) is 0. The lowest BCUT2D eigenvalue weighted by molar-refractivity contribution is 0.245. The molecular formula is C15H20N2OS. The number of ether oxygens (including phenoxy) is 1. The Morgan fingerprint density at radius 2 is 2.21 bits per heavy atom. The number of H-pyrrole nitrogens is 1. The largest absolute Gasteiger partial charge is 0.489 e. The predicted octanol–water partition coefficient (Wildman–Crippen LogP) is 4.45. The van der Waals surface area contributed by atoms with Gasteiger partial charge < -0.3 is 14.3 Å². The molecule has 0 atom stereocenters. The van der Waals surface area contributed by atoms with Crippen molar-refractivity contribution in [1.82, 2.24) is 9.55 Å². The van der Waals surface area contributed by atoms with Crippen LogP contribution in [0.4, 0.5) is 0 Å². The molecule has 19 heavy (non-hydrogen) atoms. The molecule has 1 aromatic carbocycles. The second-order valence-electron chi connectivity index (χ2n) is 4.76. The minimum Gasteiger partial charge on any atom is -0.489 e. The van der Waals surface area contributed by atoms with E-state index in [4.69, 9.17) is 17.0 Å². The zero-order valence-corrected chi connectivity index (χ0v) is 12.5. The molecule has 0 saturated heterocycles. The Morgan fingerprint density at radius 3 is 2.89 bits per heavy atom. The van der Waals surface area contributed by atoms with E-state index in [-0.39, 0.29) is 6.10 Å². The van der Waals surface area contributed by atoms with Gasteiger partial charge in [-0.05, 0) is 51.5 Å². The minimum atomic E-state index is 0.152. The van der Waals surface area contributed by atoms with Gasteiger partial charge in [0.2, 0.25) is 0 Å². The standard InChI is InChI=1S/C15H20N2OS/c1-4-5-6-10-17-12-8-7-9-13(18-11(2)3)14(12)16-15(17)19/h4-5,7-9,11H,6,10H2,1-3H3,(H,16,19)/b5-4+. The van der Waals surface area contributed by atoms with Crippen molar-refractivity contribution in [2.75, 3.05) is 0 Å². The molecule has 0 unspecified atom stereocenters. The van der Waals surface area contributed by atoms with Crippen LogP contribution in [-0.2, 0) is 6.54 Å². The van der Waals surface area contributed by atoms with Gasteiger partial charge in [0.05, 0.1) is 11.6 Å². The fraction of sp³-hybridized carbons (Fsp3) is 0.400. The van der Waals surface area contributed by atoms with Crippen molar-refractivity contribution in [3.63, 3.8) is 0 Å². The summed E-state index contributed by atoms with van der Waals surface area (Å²) in [6.45, 7) is 6.96. The number of rotatable bonds is 5. The Hall–Kier alpha value is -1.55. The van der Waals surface area contributed by atoms with E-state index in [1.807, 2.05) is 32.9 Å². The summed E-state index contributed by atoms with van der Waals surface area (Å²) in [6, 6.07) is 6.06. The first-order valence-corrected chi connectivity index (χ1v) is 7.03. The lowest BCUT2D eigenvalue weighted by Gasteiger charge is -2.10. The molecule has 0 bridgehead atoms. The van der Waals surface area contributed by atoms with Gasteiger partial charge in [0.1, 0.15) is 11.3 Å². The number of nitrogens with zero attached hydrogens (tertiary/aromatic N) is 1. The maximum absolute atomic E-state index is 5.82. The molecule has 4 heteroatoms. The van der Waals surface area contributed by atoms with E-state index in [2.05, 4.69) is 27.8 Å². The van der Waals surface area contributed by atoms with Crippen molar-refractivity contribution in [2.24, 2.45) is 0 Å². The van der Waals surface area contributed by atoms with E-state index >= 15 is 0 Å². The number of benzene rings is 1. The maximum atomic E-state index is 5.82. The van der Waals surface area contributed by atoms with Gasteiger partial charge in [-0.2, -0.15) is 0 Å². The molecule has 0 aliphatic heterocycles. The highest BCUT2D eigenvalue weighted by Crippen LogP contribution is 2.26. The Kier molecular flexibility index (Phi) is 4.43. The number of aromatic amines is 1. The molecule has 102 valence electrons. The number of para-hydroxylation sites is 1. The number of hydrogen-bond donors (Lipinski definition) is 1. The third-order valence-corrected chi connectivity index (χ3v) is 3.21. The fourth-order valence-corrected chi connectivity index (χ4v) is 2.39. The third-order valence-electron chi connectivity index (χ3n) is 2.89. The van der Waals surface area contributed by atoms with E-state index in [0.717, 1.165) is 34.5 Å². The summed E-state index contributed by atoms with van der Waals surface area (Å²) in [6.07, 6.45) is 5.34. The van der Waals surface area contributed by atoms with Crippen LogP contribution in [0.25, 0.3) is 11.0 Å². The number of hydrogen-bond acceptors (Lipinski definition) is 2. The smallest absolute Gasteiger partial charge is 0.178 e. The summed E-state index contributed by atoms with van der Waals surface area (Å²) < 4.78 is 8.69. The van der Waals surface area contributed by atoms with Crippen LogP contribution in [0.5, 0.6) is 5.75 Å². The highest BCUT2D eigenvalue weighted by atomic mass is 32.1. The molecule has 0 saturated carbocycles. The van der Waals surface area contributed by atoms with Crippen LogP contribution in [0.2, 0.25) is 0 Å². The number of aromatic nitrogens is 2. The van der Waals surface area contributed by atoms with Gasteiger partial charge >= 0.3 is 0 Å². The van der Waals surface area contributed by atoms with Crippen LogP contribution in [0, 0.1) is 4.77 Å². The summed E-state index contributed by atoms with van der Waals surface area (Å²) in [4.78, 5) is 3.26. The third kappa shape index (κ3) is 3.07. The Labute approximate surface area is 118 Å². The van der Waals surface area contributed by atoms with Crippen LogP contribution in [0.15, 0.2) is 30.4 Å². The van der Waals surface area contributed by atoms with Gasteiger partial charge in [-0.3, -0.25) is 0 Å². The van der Waals surface area contributed by atoms with Crippen molar-refractivity contribution >= 4 is 23.3 Å². The average Bonchev–Trinajstić information content (AvgIpc) is 2.67. The SMILES string of the molecule is C/C=C/CCn1c(=S)[nH]c2c(OC(C)C)cccc21. The molecule has 1 heterocycles. The minimum absolute atomic E-state index is 0.152. The molecule has 2 rings (SSSR count). The highest BCUT2D eigenvalue weighted by molar-refractivity contribution is 7.71. The topological polar surface area (TPSA) is 29.9 Å². The van der Waals surface area contributed by atoms with E-state index < -0.39 is 0 Å². The second kappa shape index (κ2) is 6.06. The molecule has 0 fully saturated rings. The summed E-state index contributed by atoms with van der Waals surface area (Å²) >= 11 is 5.40. The lowest BCUT2D eigenvalue weighted by atomic mass is 10.2. The molecule has 0 aliphatic rings. The molecule has 1 aromatic heterocycles.